The number of benzene rings is 1. The van der Waals surface area contributed by atoms with Gasteiger partial charge in [-0.1, -0.05) is 6.07 Å². The van der Waals surface area contributed by atoms with Gasteiger partial charge in [-0.25, -0.2) is 8.78 Å². The minimum atomic E-state index is -0.689. The summed E-state index contributed by atoms with van der Waals surface area (Å²) in [6.45, 7) is 5.67. The number of H-pyrrole nitrogens is 1. The summed E-state index contributed by atoms with van der Waals surface area (Å²) >= 11 is 0. The van der Waals surface area contributed by atoms with E-state index in [1.165, 1.54) is 6.07 Å². The molecule has 0 amide bonds. The monoisotopic (exact) mass is 263 g/mol. The Bertz CT molecular complexity index is 644. The molecule has 0 radical (unpaired) electrons. The molecule has 0 aliphatic heterocycles. The predicted molar refractivity (Wildman–Crippen MR) is 69.4 cm³/mol. The van der Waals surface area contributed by atoms with E-state index in [9.17, 15) is 13.6 Å². The molecule has 0 bridgehead atoms. The number of halogens is 2. The molecule has 4 heteroatoms. The van der Waals surface area contributed by atoms with Gasteiger partial charge in [-0.3, -0.25) is 4.79 Å². The number of aromatic nitrogens is 1. The average Bonchev–Trinajstić information content (AvgIpc) is 2.60. The third kappa shape index (κ3) is 2.57. The highest BCUT2D eigenvalue weighted by Gasteiger charge is 2.17. The van der Waals surface area contributed by atoms with Gasteiger partial charge < -0.3 is 4.98 Å². The number of carbonyl (C=O) groups excluding carboxylic acids is 1. The molecule has 1 N–H and O–H groups in total. The molecule has 2 nitrogen and oxygen atoms in total. The Morgan fingerprint density at radius 2 is 1.84 bits per heavy atom. The standard InChI is InChI=1S/C15H15F2NO/c1-8-9(2)15(18-10(8)3)14(19)6-11-4-5-12(16)7-13(11)17/h4-5,7,18H,6H2,1-3H3. The summed E-state index contributed by atoms with van der Waals surface area (Å²) in [5.41, 5.74) is 3.54. The molecule has 19 heavy (non-hydrogen) atoms. The molecular weight excluding hydrogens is 248 g/mol. The van der Waals surface area contributed by atoms with Gasteiger partial charge in [0.05, 0.1) is 5.69 Å². The van der Waals surface area contributed by atoms with Gasteiger partial charge in [-0.15, -0.1) is 0 Å². The molecule has 0 aliphatic carbocycles. The summed E-state index contributed by atoms with van der Waals surface area (Å²) in [5.74, 6) is -1.53. The molecule has 1 aromatic carbocycles. The smallest absolute Gasteiger partial charge is 0.183 e. The maximum Gasteiger partial charge on any atom is 0.183 e. The number of carbonyl (C=O) groups is 1. The Morgan fingerprint density at radius 1 is 1.16 bits per heavy atom. The van der Waals surface area contributed by atoms with Crippen molar-refractivity contribution in [1.82, 2.24) is 4.98 Å². The van der Waals surface area contributed by atoms with E-state index in [-0.39, 0.29) is 17.8 Å². The molecule has 0 saturated carbocycles. The first kappa shape index (κ1) is 13.5. The van der Waals surface area contributed by atoms with Crippen LogP contribution in [0.3, 0.4) is 0 Å². The van der Waals surface area contributed by atoms with Gasteiger partial charge in [0.2, 0.25) is 0 Å². The molecule has 0 spiro atoms. The van der Waals surface area contributed by atoms with Crippen LogP contribution in [0.15, 0.2) is 18.2 Å². The Hall–Kier alpha value is -1.97. The van der Waals surface area contributed by atoms with E-state index in [1.54, 1.807) is 0 Å². The van der Waals surface area contributed by atoms with Gasteiger partial charge in [0, 0.05) is 18.2 Å². The highest BCUT2D eigenvalue weighted by atomic mass is 19.1. The van der Waals surface area contributed by atoms with Crippen molar-refractivity contribution in [3.8, 4) is 0 Å². The van der Waals surface area contributed by atoms with E-state index >= 15 is 0 Å². The van der Waals surface area contributed by atoms with E-state index < -0.39 is 11.6 Å². The first-order chi connectivity index (χ1) is 8.90. The third-order valence-corrected chi connectivity index (χ3v) is 3.46. The largest absolute Gasteiger partial charge is 0.356 e. The molecule has 100 valence electrons. The van der Waals surface area contributed by atoms with E-state index in [4.69, 9.17) is 0 Å². The average molecular weight is 263 g/mol. The van der Waals surface area contributed by atoms with Gasteiger partial charge >= 0.3 is 0 Å². The van der Waals surface area contributed by atoms with Crippen molar-refractivity contribution >= 4 is 5.78 Å². The molecule has 0 aliphatic rings. The van der Waals surface area contributed by atoms with Gasteiger partial charge in [0.25, 0.3) is 0 Å². The van der Waals surface area contributed by atoms with Crippen molar-refractivity contribution in [1.29, 1.82) is 0 Å². The molecule has 2 rings (SSSR count). The van der Waals surface area contributed by atoms with Crippen molar-refractivity contribution in [3.63, 3.8) is 0 Å². The van der Waals surface area contributed by atoms with Gasteiger partial charge in [0.15, 0.2) is 5.78 Å². The van der Waals surface area contributed by atoms with Crippen molar-refractivity contribution in [2.75, 3.05) is 0 Å². The summed E-state index contributed by atoms with van der Waals surface area (Å²) in [6.07, 6.45) is -0.0770. The topological polar surface area (TPSA) is 32.9 Å². The highest BCUT2D eigenvalue weighted by molar-refractivity contribution is 5.97. The van der Waals surface area contributed by atoms with E-state index in [0.717, 1.165) is 29.0 Å². The summed E-state index contributed by atoms with van der Waals surface area (Å²) in [6, 6.07) is 3.25. The second kappa shape index (κ2) is 4.96. The summed E-state index contributed by atoms with van der Waals surface area (Å²) < 4.78 is 26.3. The number of hydrogen-bond donors (Lipinski definition) is 1. The maximum atomic E-state index is 13.5. The normalized spacial score (nSPS) is 10.8. The number of ketones is 1. The second-order valence-corrected chi connectivity index (χ2v) is 4.71. The van der Waals surface area contributed by atoms with Crippen LogP contribution in [0.25, 0.3) is 0 Å². The molecule has 0 atom stereocenters. The second-order valence-electron chi connectivity index (χ2n) is 4.71. The van der Waals surface area contributed by atoms with Crippen LogP contribution >= 0.6 is 0 Å². The van der Waals surface area contributed by atoms with Crippen LogP contribution in [0.5, 0.6) is 0 Å². The van der Waals surface area contributed by atoms with Crippen LogP contribution in [0.1, 0.15) is 32.9 Å². The molecule has 1 aromatic heterocycles. The molecule has 1 heterocycles. The number of nitrogens with one attached hydrogen (secondary N) is 1. The van der Waals surface area contributed by atoms with Crippen LogP contribution in [0.4, 0.5) is 8.78 Å². The van der Waals surface area contributed by atoms with Crippen LogP contribution < -0.4 is 0 Å². The SMILES string of the molecule is Cc1[nH]c(C(=O)Cc2ccc(F)cc2F)c(C)c1C. The van der Waals surface area contributed by atoms with Gasteiger partial charge in [-0.05, 0) is 43.5 Å². The highest BCUT2D eigenvalue weighted by Crippen LogP contribution is 2.19. The Labute approximate surface area is 110 Å². The molecule has 0 unspecified atom stereocenters. The Balaban J connectivity index is 2.28. The lowest BCUT2D eigenvalue weighted by Crippen LogP contribution is -2.07. The predicted octanol–water partition coefficient (Wildman–Crippen LogP) is 3.64. The van der Waals surface area contributed by atoms with Gasteiger partial charge in [0.1, 0.15) is 11.6 Å². The number of Topliss-reactive ketones (excluding diaryl/α,β-unsaturated/α-hetero) is 1. The molecule has 2 aromatic rings. The zero-order valence-electron chi connectivity index (χ0n) is 11.1. The van der Waals surface area contributed by atoms with Crippen molar-refractivity contribution in [3.05, 3.63) is 57.9 Å². The number of aromatic amines is 1. The zero-order chi connectivity index (χ0) is 14.2. The lowest BCUT2D eigenvalue weighted by molar-refractivity contribution is 0.0987. The van der Waals surface area contributed by atoms with E-state index in [1.807, 2.05) is 20.8 Å². The summed E-state index contributed by atoms with van der Waals surface area (Å²) in [4.78, 5) is 15.2. The van der Waals surface area contributed by atoms with Crippen LogP contribution in [0.2, 0.25) is 0 Å². The van der Waals surface area contributed by atoms with Crippen LogP contribution in [-0.2, 0) is 6.42 Å². The van der Waals surface area contributed by atoms with Gasteiger partial charge in [-0.2, -0.15) is 0 Å². The fourth-order valence-corrected chi connectivity index (χ4v) is 2.05. The van der Waals surface area contributed by atoms with E-state index in [2.05, 4.69) is 4.98 Å². The number of aryl methyl sites for hydroxylation is 1. The summed E-state index contributed by atoms with van der Waals surface area (Å²) in [5, 5.41) is 0. The molecule has 0 fully saturated rings. The lowest BCUT2D eigenvalue weighted by atomic mass is 10.0. The van der Waals surface area contributed by atoms with Crippen molar-refractivity contribution < 1.29 is 13.6 Å². The summed E-state index contributed by atoms with van der Waals surface area (Å²) in [7, 11) is 0. The fraction of sp³-hybridized carbons (Fsp3) is 0.267. The zero-order valence-corrected chi connectivity index (χ0v) is 11.1. The van der Waals surface area contributed by atoms with Crippen LogP contribution in [-0.4, -0.2) is 10.8 Å². The third-order valence-electron chi connectivity index (χ3n) is 3.46. The number of hydrogen-bond acceptors (Lipinski definition) is 1. The van der Waals surface area contributed by atoms with Crippen LogP contribution in [0, 0.1) is 32.4 Å². The van der Waals surface area contributed by atoms with E-state index in [0.29, 0.717) is 5.69 Å². The minimum absolute atomic E-state index is 0.0770. The maximum absolute atomic E-state index is 13.5. The first-order valence-electron chi connectivity index (χ1n) is 6.03. The quantitative estimate of drug-likeness (QED) is 0.842. The number of rotatable bonds is 3. The van der Waals surface area contributed by atoms with Crippen molar-refractivity contribution in [2.45, 2.75) is 27.2 Å². The first-order valence-corrected chi connectivity index (χ1v) is 6.03. The molecule has 0 saturated heterocycles. The minimum Gasteiger partial charge on any atom is -0.356 e. The Morgan fingerprint density at radius 3 is 2.37 bits per heavy atom. The lowest BCUT2D eigenvalue weighted by Gasteiger charge is -2.03. The molecular formula is C15H15F2NO. The Kier molecular flexibility index (Phi) is 3.51. The fourth-order valence-electron chi connectivity index (χ4n) is 2.05. The van der Waals surface area contributed by atoms with Crippen molar-refractivity contribution in [2.24, 2.45) is 0 Å².